The molecule has 0 spiro atoms. The Morgan fingerprint density at radius 2 is 1.70 bits per heavy atom. The molecule has 0 saturated carbocycles. The minimum atomic E-state index is 0.681. The van der Waals surface area contributed by atoms with E-state index in [2.05, 4.69) is 10.2 Å². The van der Waals surface area contributed by atoms with E-state index < -0.39 is 0 Å². The van der Waals surface area contributed by atoms with Crippen LogP contribution in [0.25, 0.3) is 0 Å². The fraction of sp³-hybridized carbons (Fsp3) is 0.250. The Balaban J connectivity index is 2.36. The lowest BCUT2D eigenvalue weighted by molar-refractivity contribution is 0.389. The number of hydrogen-bond acceptors (Lipinski definition) is 4. The van der Waals surface area contributed by atoms with Crippen LogP contribution in [0.5, 0.6) is 11.5 Å². The van der Waals surface area contributed by atoms with Gasteiger partial charge in [0.1, 0.15) is 11.4 Å². The first-order valence-electron chi connectivity index (χ1n) is 6.35. The van der Waals surface area contributed by atoms with Gasteiger partial charge in [0, 0.05) is 5.56 Å². The van der Waals surface area contributed by atoms with E-state index in [4.69, 9.17) is 9.47 Å². The van der Waals surface area contributed by atoms with Crippen LogP contribution >= 0.6 is 0 Å². The van der Waals surface area contributed by atoms with E-state index in [1.165, 1.54) is 0 Å². The van der Waals surface area contributed by atoms with Gasteiger partial charge in [0.25, 0.3) is 0 Å². The molecule has 0 bridgehead atoms. The van der Waals surface area contributed by atoms with Crippen molar-refractivity contribution in [2.75, 3.05) is 14.2 Å². The first-order valence-corrected chi connectivity index (χ1v) is 6.35. The molecule has 0 aliphatic rings. The normalized spacial score (nSPS) is 10.8. The van der Waals surface area contributed by atoms with Gasteiger partial charge in [-0.15, -0.1) is 5.11 Å². The molecule has 0 N–H and O–H groups in total. The Kier molecular flexibility index (Phi) is 4.35. The Bertz CT molecular complexity index is 636. The highest BCUT2D eigenvalue weighted by Gasteiger charge is 2.10. The SMILES string of the molecule is COc1ccc(N=Nc2cccc(C)c2)c(OC)c1C. The molecular weight excluding hydrogens is 252 g/mol. The summed E-state index contributed by atoms with van der Waals surface area (Å²) in [6, 6.07) is 11.6. The maximum absolute atomic E-state index is 5.40. The Morgan fingerprint density at radius 1 is 0.900 bits per heavy atom. The van der Waals surface area contributed by atoms with Gasteiger partial charge in [-0.3, -0.25) is 0 Å². The molecule has 4 nitrogen and oxygen atoms in total. The predicted molar refractivity (Wildman–Crippen MR) is 79.6 cm³/mol. The molecule has 0 fully saturated rings. The lowest BCUT2D eigenvalue weighted by Crippen LogP contribution is -1.92. The highest BCUT2D eigenvalue weighted by molar-refractivity contribution is 5.60. The zero-order valence-electron chi connectivity index (χ0n) is 12.2. The molecule has 2 rings (SSSR count). The third-order valence-electron chi connectivity index (χ3n) is 3.03. The summed E-state index contributed by atoms with van der Waals surface area (Å²) >= 11 is 0. The van der Waals surface area contributed by atoms with Crippen molar-refractivity contribution in [3.05, 3.63) is 47.5 Å². The fourth-order valence-corrected chi connectivity index (χ4v) is 2.02. The van der Waals surface area contributed by atoms with Crippen LogP contribution < -0.4 is 9.47 Å². The number of rotatable bonds is 4. The third-order valence-corrected chi connectivity index (χ3v) is 3.03. The molecule has 0 amide bonds. The largest absolute Gasteiger partial charge is 0.496 e. The van der Waals surface area contributed by atoms with Crippen LogP contribution in [-0.4, -0.2) is 14.2 Å². The number of ether oxygens (including phenoxy) is 2. The van der Waals surface area contributed by atoms with Gasteiger partial charge in [-0.05, 0) is 43.7 Å². The Hall–Kier alpha value is -2.36. The predicted octanol–water partition coefficient (Wildman–Crippen LogP) is 4.74. The molecule has 0 atom stereocenters. The molecule has 0 radical (unpaired) electrons. The van der Waals surface area contributed by atoms with E-state index >= 15 is 0 Å². The maximum Gasteiger partial charge on any atom is 0.152 e. The van der Waals surface area contributed by atoms with Crippen molar-refractivity contribution >= 4 is 11.4 Å². The number of aryl methyl sites for hydroxylation is 1. The standard InChI is InChI=1S/C16H18N2O2/c1-11-6-5-7-13(10-11)17-18-14-8-9-15(19-3)12(2)16(14)20-4/h5-10H,1-4H3. The van der Waals surface area contributed by atoms with Crippen LogP contribution in [-0.2, 0) is 0 Å². The Morgan fingerprint density at radius 3 is 2.35 bits per heavy atom. The second kappa shape index (κ2) is 6.19. The van der Waals surface area contributed by atoms with Crippen molar-refractivity contribution in [1.82, 2.24) is 0 Å². The lowest BCUT2D eigenvalue weighted by Gasteiger charge is -2.11. The van der Waals surface area contributed by atoms with Crippen LogP contribution in [0.3, 0.4) is 0 Å². The molecule has 0 aromatic heterocycles. The second-order valence-electron chi connectivity index (χ2n) is 4.48. The van der Waals surface area contributed by atoms with Crippen LogP contribution in [0.1, 0.15) is 11.1 Å². The van der Waals surface area contributed by atoms with Crippen molar-refractivity contribution in [1.29, 1.82) is 0 Å². The van der Waals surface area contributed by atoms with Crippen molar-refractivity contribution < 1.29 is 9.47 Å². The molecule has 4 heteroatoms. The van der Waals surface area contributed by atoms with E-state index in [-0.39, 0.29) is 0 Å². The zero-order valence-corrected chi connectivity index (χ0v) is 12.2. The molecule has 2 aromatic rings. The zero-order chi connectivity index (χ0) is 14.5. The molecular formula is C16H18N2O2. The maximum atomic E-state index is 5.40. The summed E-state index contributed by atoms with van der Waals surface area (Å²) in [5.74, 6) is 1.46. The monoisotopic (exact) mass is 270 g/mol. The number of hydrogen-bond donors (Lipinski definition) is 0. The first-order chi connectivity index (χ1) is 9.65. The highest BCUT2D eigenvalue weighted by Crippen LogP contribution is 2.37. The van der Waals surface area contributed by atoms with Crippen LogP contribution in [0.15, 0.2) is 46.6 Å². The molecule has 0 heterocycles. The number of methoxy groups -OCH3 is 2. The number of benzene rings is 2. The molecule has 104 valence electrons. The lowest BCUT2D eigenvalue weighted by atomic mass is 10.1. The van der Waals surface area contributed by atoms with Gasteiger partial charge in [0.2, 0.25) is 0 Å². The summed E-state index contributed by atoms with van der Waals surface area (Å²) in [4.78, 5) is 0. The number of azo groups is 1. The van der Waals surface area contributed by atoms with Crippen LogP contribution in [0.2, 0.25) is 0 Å². The summed E-state index contributed by atoms with van der Waals surface area (Å²) in [7, 11) is 3.25. The number of nitrogens with zero attached hydrogens (tertiary/aromatic N) is 2. The second-order valence-corrected chi connectivity index (χ2v) is 4.48. The van der Waals surface area contributed by atoms with E-state index in [0.717, 1.165) is 22.6 Å². The molecule has 0 unspecified atom stereocenters. The van der Waals surface area contributed by atoms with Crippen molar-refractivity contribution in [2.24, 2.45) is 10.2 Å². The summed E-state index contributed by atoms with van der Waals surface area (Å²) in [6.07, 6.45) is 0. The van der Waals surface area contributed by atoms with E-state index in [0.29, 0.717) is 11.4 Å². The van der Waals surface area contributed by atoms with Crippen molar-refractivity contribution in [2.45, 2.75) is 13.8 Å². The first kappa shape index (κ1) is 14.1. The molecule has 2 aromatic carbocycles. The fourth-order valence-electron chi connectivity index (χ4n) is 2.02. The van der Waals surface area contributed by atoms with E-state index in [1.54, 1.807) is 14.2 Å². The third kappa shape index (κ3) is 2.96. The minimum Gasteiger partial charge on any atom is -0.496 e. The van der Waals surface area contributed by atoms with Crippen molar-refractivity contribution in [3.8, 4) is 11.5 Å². The van der Waals surface area contributed by atoms with Crippen molar-refractivity contribution in [3.63, 3.8) is 0 Å². The molecule has 0 aliphatic heterocycles. The van der Waals surface area contributed by atoms with Gasteiger partial charge in [0.15, 0.2) is 5.75 Å². The smallest absolute Gasteiger partial charge is 0.152 e. The summed E-state index contributed by atoms with van der Waals surface area (Å²) < 4.78 is 10.7. The van der Waals surface area contributed by atoms with Gasteiger partial charge in [-0.1, -0.05) is 12.1 Å². The highest BCUT2D eigenvalue weighted by atomic mass is 16.5. The average Bonchev–Trinajstić information content (AvgIpc) is 2.45. The topological polar surface area (TPSA) is 43.2 Å². The van der Waals surface area contributed by atoms with Gasteiger partial charge >= 0.3 is 0 Å². The van der Waals surface area contributed by atoms with Crippen LogP contribution in [0.4, 0.5) is 11.4 Å². The molecule has 0 aliphatic carbocycles. The average molecular weight is 270 g/mol. The van der Waals surface area contributed by atoms with Crippen LogP contribution in [0, 0.1) is 13.8 Å². The summed E-state index contributed by atoms with van der Waals surface area (Å²) in [5.41, 5.74) is 3.57. The minimum absolute atomic E-state index is 0.681. The Labute approximate surface area is 119 Å². The van der Waals surface area contributed by atoms with E-state index in [1.807, 2.05) is 50.2 Å². The molecule has 20 heavy (non-hydrogen) atoms. The van der Waals surface area contributed by atoms with Gasteiger partial charge in [-0.25, -0.2) is 0 Å². The van der Waals surface area contributed by atoms with Gasteiger partial charge < -0.3 is 9.47 Å². The van der Waals surface area contributed by atoms with Gasteiger partial charge in [0.05, 0.1) is 19.9 Å². The summed E-state index contributed by atoms with van der Waals surface area (Å²) in [6.45, 7) is 3.96. The molecule has 0 saturated heterocycles. The summed E-state index contributed by atoms with van der Waals surface area (Å²) in [5, 5.41) is 8.52. The quantitative estimate of drug-likeness (QED) is 0.753. The van der Waals surface area contributed by atoms with E-state index in [9.17, 15) is 0 Å². The van der Waals surface area contributed by atoms with Gasteiger partial charge in [-0.2, -0.15) is 5.11 Å².